The number of aromatic hydroxyl groups is 1. The van der Waals surface area contributed by atoms with Gasteiger partial charge in [0.25, 0.3) is 0 Å². The van der Waals surface area contributed by atoms with Crippen LogP contribution in [0.5, 0.6) is 11.5 Å². The molecule has 2 nitrogen and oxygen atoms in total. The van der Waals surface area contributed by atoms with E-state index in [0.717, 1.165) is 25.0 Å². The number of benzene rings is 2. The van der Waals surface area contributed by atoms with Crippen LogP contribution in [0.15, 0.2) is 61.2 Å². The van der Waals surface area contributed by atoms with Crippen LogP contribution in [0.1, 0.15) is 17.5 Å². The molecule has 0 saturated carbocycles. The van der Waals surface area contributed by atoms with Crippen molar-refractivity contribution in [3.05, 3.63) is 72.3 Å². The topological polar surface area (TPSA) is 29.5 Å². The summed E-state index contributed by atoms with van der Waals surface area (Å²) in [4.78, 5) is 0. The van der Waals surface area contributed by atoms with Crippen molar-refractivity contribution < 1.29 is 9.84 Å². The van der Waals surface area contributed by atoms with E-state index in [1.54, 1.807) is 18.2 Å². The molecule has 1 N–H and O–H groups in total. The predicted octanol–water partition coefficient (Wildman–Crippen LogP) is 4.13. The molecule has 0 aliphatic carbocycles. The van der Waals surface area contributed by atoms with E-state index in [-0.39, 0.29) is 0 Å². The molecule has 0 aromatic heterocycles. The molecule has 0 atom stereocenters. The highest BCUT2D eigenvalue weighted by Crippen LogP contribution is 2.15. The molecule has 104 valence electrons. The Morgan fingerprint density at radius 3 is 2.00 bits per heavy atom. The largest absolute Gasteiger partial charge is 0.508 e. The van der Waals surface area contributed by atoms with Crippen molar-refractivity contribution in [1.82, 2.24) is 0 Å². The molecule has 2 aromatic rings. The zero-order chi connectivity index (χ0) is 14.2. The first-order valence-electron chi connectivity index (χ1n) is 6.88. The first-order valence-corrected chi connectivity index (χ1v) is 6.88. The minimum Gasteiger partial charge on any atom is -0.508 e. The molecule has 2 heteroatoms. The second-order valence-corrected chi connectivity index (χ2v) is 4.76. The molecule has 0 bridgehead atoms. The Labute approximate surface area is 120 Å². The highest BCUT2D eigenvalue weighted by molar-refractivity contribution is 5.28. The number of aryl methyl sites for hydroxylation is 2. The van der Waals surface area contributed by atoms with Crippen molar-refractivity contribution in [2.45, 2.75) is 19.3 Å². The van der Waals surface area contributed by atoms with Crippen molar-refractivity contribution in [3.63, 3.8) is 0 Å². The van der Waals surface area contributed by atoms with Gasteiger partial charge in [0.15, 0.2) is 0 Å². The highest BCUT2D eigenvalue weighted by atomic mass is 16.5. The fraction of sp³-hybridized carbons (Fsp3) is 0.222. The number of hydrogen-bond acceptors (Lipinski definition) is 2. The quantitative estimate of drug-likeness (QED) is 0.765. The molecule has 0 saturated heterocycles. The van der Waals surface area contributed by atoms with Gasteiger partial charge in [-0.2, -0.15) is 0 Å². The van der Waals surface area contributed by atoms with Crippen LogP contribution in [0.25, 0.3) is 0 Å². The lowest BCUT2D eigenvalue weighted by Crippen LogP contribution is -1.93. The summed E-state index contributed by atoms with van der Waals surface area (Å²) in [6.45, 7) is 4.17. The number of phenols is 1. The fourth-order valence-electron chi connectivity index (χ4n) is 2.07. The molecular weight excluding hydrogens is 248 g/mol. The normalized spacial score (nSPS) is 10.2. The Morgan fingerprint density at radius 2 is 1.45 bits per heavy atom. The van der Waals surface area contributed by atoms with Gasteiger partial charge >= 0.3 is 0 Å². The van der Waals surface area contributed by atoms with E-state index in [9.17, 15) is 5.11 Å². The van der Waals surface area contributed by atoms with Crippen molar-refractivity contribution in [2.24, 2.45) is 0 Å². The van der Waals surface area contributed by atoms with Gasteiger partial charge in [-0.15, -0.1) is 0 Å². The van der Waals surface area contributed by atoms with Crippen LogP contribution in [0.3, 0.4) is 0 Å². The second-order valence-electron chi connectivity index (χ2n) is 4.76. The number of ether oxygens (including phenoxy) is 1. The number of hydrogen-bond donors (Lipinski definition) is 1. The van der Waals surface area contributed by atoms with E-state index in [0.29, 0.717) is 12.4 Å². The molecule has 2 rings (SSSR count). The molecule has 20 heavy (non-hydrogen) atoms. The van der Waals surface area contributed by atoms with Gasteiger partial charge in [0, 0.05) is 0 Å². The van der Waals surface area contributed by atoms with E-state index in [1.807, 2.05) is 24.3 Å². The Bertz CT molecular complexity index is 526. The first kappa shape index (κ1) is 14.2. The van der Waals surface area contributed by atoms with E-state index in [1.165, 1.54) is 11.1 Å². The van der Waals surface area contributed by atoms with E-state index in [2.05, 4.69) is 18.7 Å². The van der Waals surface area contributed by atoms with Crippen molar-refractivity contribution in [1.29, 1.82) is 0 Å². The molecule has 0 aliphatic heterocycles. The molecule has 0 radical (unpaired) electrons. The highest BCUT2D eigenvalue weighted by Gasteiger charge is 1.98. The minimum atomic E-state index is 0.323. The average Bonchev–Trinajstić information content (AvgIpc) is 2.48. The van der Waals surface area contributed by atoms with Gasteiger partial charge in [-0.3, -0.25) is 0 Å². The van der Waals surface area contributed by atoms with Gasteiger partial charge in [0.05, 0.1) is 0 Å². The first-order chi connectivity index (χ1) is 9.78. The Kier molecular flexibility index (Phi) is 5.24. The van der Waals surface area contributed by atoms with Crippen molar-refractivity contribution in [3.8, 4) is 11.5 Å². The van der Waals surface area contributed by atoms with Gasteiger partial charge in [-0.05, 0) is 54.7 Å². The average molecular weight is 268 g/mol. The number of phenolic OH excluding ortho intramolecular Hbond substituents is 1. The maximum Gasteiger partial charge on any atom is 0.119 e. The van der Waals surface area contributed by atoms with Crippen molar-refractivity contribution in [2.75, 3.05) is 6.61 Å². The van der Waals surface area contributed by atoms with E-state index in [4.69, 9.17) is 4.74 Å². The Balaban J connectivity index is 1.79. The summed E-state index contributed by atoms with van der Waals surface area (Å²) >= 11 is 0. The smallest absolute Gasteiger partial charge is 0.119 e. The van der Waals surface area contributed by atoms with Gasteiger partial charge in [0.2, 0.25) is 0 Å². The molecule has 0 heterocycles. The Morgan fingerprint density at radius 1 is 0.900 bits per heavy atom. The summed E-state index contributed by atoms with van der Waals surface area (Å²) in [6.07, 6.45) is 4.90. The fourth-order valence-corrected chi connectivity index (χ4v) is 2.07. The summed E-state index contributed by atoms with van der Waals surface area (Å²) in [5.74, 6) is 1.20. The van der Waals surface area contributed by atoms with Crippen LogP contribution in [0.4, 0.5) is 0 Å². The summed E-state index contributed by atoms with van der Waals surface area (Å²) in [6, 6.07) is 15.6. The third kappa shape index (κ3) is 4.47. The zero-order valence-electron chi connectivity index (χ0n) is 11.6. The monoisotopic (exact) mass is 268 g/mol. The van der Waals surface area contributed by atoms with Gasteiger partial charge < -0.3 is 9.84 Å². The molecule has 0 unspecified atom stereocenters. The third-order valence-corrected chi connectivity index (χ3v) is 3.16. The molecule has 0 fully saturated rings. The minimum absolute atomic E-state index is 0.323. The van der Waals surface area contributed by atoms with Crippen LogP contribution < -0.4 is 4.74 Å². The van der Waals surface area contributed by atoms with Gasteiger partial charge in [-0.1, -0.05) is 36.9 Å². The second kappa shape index (κ2) is 7.39. The van der Waals surface area contributed by atoms with Crippen molar-refractivity contribution >= 4 is 0 Å². The molecular formula is C18H20O2. The molecule has 2 aromatic carbocycles. The maximum atomic E-state index is 9.23. The summed E-state index contributed by atoms with van der Waals surface area (Å²) in [5, 5.41) is 9.23. The third-order valence-electron chi connectivity index (χ3n) is 3.16. The van der Waals surface area contributed by atoms with Crippen LogP contribution in [-0.2, 0) is 12.8 Å². The Hall–Kier alpha value is -2.22. The summed E-state index contributed by atoms with van der Waals surface area (Å²) in [7, 11) is 0. The predicted molar refractivity (Wildman–Crippen MR) is 82.3 cm³/mol. The molecule has 0 aliphatic rings. The van der Waals surface area contributed by atoms with Crippen LogP contribution >= 0.6 is 0 Å². The van der Waals surface area contributed by atoms with Crippen LogP contribution in [0, 0.1) is 0 Å². The van der Waals surface area contributed by atoms with E-state index < -0.39 is 0 Å². The van der Waals surface area contributed by atoms with Gasteiger partial charge in [-0.25, -0.2) is 0 Å². The summed E-state index contributed by atoms with van der Waals surface area (Å²) < 4.78 is 5.45. The lowest BCUT2D eigenvalue weighted by atomic mass is 10.0. The zero-order valence-corrected chi connectivity index (χ0v) is 11.6. The van der Waals surface area contributed by atoms with Crippen LogP contribution in [0.2, 0.25) is 0 Å². The maximum absolute atomic E-state index is 9.23. The van der Waals surface area contributed by atoms with Gasteiger partial charge in [0.1, 0.15) is 18.1 Å². The van der Waals surface area contributed by atoms with Crippen LogP contribution in [-0.4, -0.2) is 11.7 Å². The molecule has 0 spiro atoms. The van der Waals surface area contributed by atoms with E-state index >= 15 is 0 Å². The lowest BCUT2D eigenvalue weighted by Gasteiger charge is -2.05. The molecule has 0 amide bonds. The summed E-state index contributed by atoms with van der Waals surface area (Å²) in [5.41, 5.74) is 2.57. The standard InChI is InChI=1S/C18H20O2/c1-2-14-20-18-12-8-16(9-13-18)5-3-4-15-6-10-17(19)11-7-15/h2,6-13,19H,1,3-5,14H2. The SMILES string of the molecule is C=CCOc1ccc(CCCc2ccc(O)cc2)cc1. The lowest BCUT2D eigenvalue weighted by molar-refractivity contribution is 0.363. The number of rotatable bonds is 7.